The molecule has 37 heavy (non-hydrogen) atoms. The molecule has 0 N–H and O–H groups in total. The molecule has 0 bridgehead atoms. The molecule has 198 valence electrons. The number of aromatic nitrogens is 1. The quantitative estimate of drug-likeness (QED) is 0.280. The van der Waals surface area contributed by atoms with Gasteiger partial charge >= 0.3 is 0 Å². The van der Waals surface area contributed by atoms with Gasteiger partial charge in [0.1, 0.15) is 5.75 Å². The fourth-order valence-corrected chi connectivity index (χ4v) is 4.27. The molecule has 3 rings (SSSR count). The third-order valence-electron chi connectivity index (χ3n) is 6.25. The van der Waals surface area contributed by atoms with E-state index in [1.807, 2.05) is 78.7 Å². The summed E-state index contributed by atoms with van der Waals surface area (Å²) < 4.78 is 12.7. The largest absolute Gasteiger partial charge is 0.497 e. The molecular formula is C30H39N3O4. The molecule has 0 aliphatic carbocycles. The third kappa shape index (κ3) is 8.79. The summed E-state index contributed by atoms with van der Waals surface area (Å²) >= 11 is 0. The Morgan fingerprint density at radius 3 is 2.38 bits per heavy atom. The van der Waals surface area contributed by atoms with Gasteiger partial charge in [0.2, 0.25) is 11.8 Å². The van der Waals surface area contributed by atoms with Crippen molar-refractivity contribution in [1.29, 1.82) is 0 Å². The zero-order valence-electron chi connectivity index (χ0n) is 22.3. The lowest BCUT2D eigenvalue weighted by atomic mass is 10.2. The molecule has 0 atom stereocenters. The van der Waals surface area contributed by atoms with Crippen molar-refractivity contribution in [3.05, 3.63) is 89.7 Å². The zero-order chi connectivity index (χ0) is 26.5. The summed E-state index contributed by atoms with van der Waals surface area (Å²) in [4.78, 5) is 30.0. The standard InChI is InChI=1S/C30H39N3O4/c1-4-11-29(34)32(18-10-19-36-2)24-30(35)33(21-25-12-6-5-7-13-25)23-27-15-9-17-31(27)22-26-14-8-16-28(20-26)37-3/h5-9,12-17,20H,4,10-11,18-19,21-24H2,1-3H3. The van der Waals surface area contributed by atoms with Gasteiger partial charge in [0.25, 0.3) is 0 Å². The van der Waals surface area contributed by atoms with E-state index in [2.05, 4.69) is 10.6 Å². The summed E-state index contributed by atoms with van der Waals surface area (Å²) in [6.45, 7) is 4.68. The van der Waals surface area contributed by atoms with Crippen LogP contribution in [0.4, 0.5) is 0 Å². The van der Waals surface area contributed by atoms with E-state index in [1.165, 1.54) is 0 Å². The molecule has 0 spiro atoms. The highest BCUT2D eigenvalue weighted by molar-refractivity contribution is 5.84. The van der Waals surface area contributed by atoms with Crippen molar-refractivity contribution < 1.29 is 19.1 Å². The monoisotopic (exact) mass is 505 g/mol. The molecule has 2 amide bonds. The smallest absolute Gasteiger partial charge is 0.242 e. The van der Waals surface area contributed by atoms with Crippen molar-refractivity contribution in [2.24, 2.45) is 0 Å². The number of methoxy groups -OCH3 is 2. The number of nitrogens with zero attached hydrogens (tertiary/aromatic N) is 3. The summed E-state index contributed by atoms with van der Waals surface area (Å²) in [7, 11) is 3.31. The molecule has 0 aliphatic heterocycles. The zero-order valence-corrected chi connectivity index (χ0v) is 22.3. The van der Waals surface area contributed by atoms with E-state index < -0.39 is 0 Å². The van der Waals surface area contributed by atoms with Gasteiger partial charge in [-0.3, -0.25) is 9.59 Å². The van der Waals surface area contributed by atoms with E-state index in [0.717, 1.165) is 29.0 Å². The van der Waals surface area contributed by atoms with E-state index >= 15 is 0 Å². The van der Waals surface area contributed by atoms with Crippen molar-refractivity contribution >= 4 is 11.8 Å². The summed E-state index contributed by atoms with van der Waals surface area (Å²) in [6.07, 6.45) is 3.91. The Hall–Kier alpha value is -3.58. The normalized spacial score (nSPS) is 10.8. The Morgan fingerprint density at radius 1 is 0.865 bits per heavy atom. The Balaban J connectivity index is 1.80. The molecule has 3 aromatic rings. The van der Waals surface area contributed by atoms with Crippen LogP contribution in [0.2, 0.25) is 0 Å². The Morgan fingerprint density at radius 2 is 1.65 bits per heavy atom. The second kappa shape index (κ2) is 14.9. The van der Waals surface area contributed by atoms with E-state index in [-0.39, 0.29) is 18.4 Å². The first-order valence-corrected chi connectivity index (χ1v) is 12.9. The lowest BCUT2D eigenvalue weighted by Gasteiger charge is -2.28. The highest BCUT2D eigenvalue weighted by atomic mass is 16.5. The summed E-state index contributed by atoms with van der Waals surface area (Å²) in [5.74, 6) is 0.755. The number of hydrogen-bond acceptors (Lipinski definition) is 4. The van der Waals surface area contributed by atoms with Gasteiger partial charge in [-0.2, -0.15) is 0 Å². The molecule has 1 aromatic heterocycles. The van der Waals surface area contributed by atoms with Crippen molar-refractivity contribution in [2.45, 2.75) is 45.8 Å². The van der Waals surface area contributed by atoms with Crippen LogP contribution in [0.5, 0.6) is 5.75 Å². The van der Waals surface area contributed by atoms with Gasteiger partial charge in [-0.05, 0) is 48.2 Å². The molecular weight excluding hydrogens is 466 g/mol. The van der Waals surface area contributed by atoms with E-state index in [4.69, 9.17) is 9.47 Å². The first kappa shape index (κ1) is 28.0. The van der Waals surface area contributed by atoms with Crippen LogP contribution in [-0.2, 0) is 34.0 Å². The summed E-state index contributed by atoms with van der Waals surface area (Å²) in [6, 6.07) is 22.0. The second-order valence-electron chi connectivity index (χ2n) is 9.13. The SMILES string of the molecule is CCCC(=O)N(CCCOC)CC(=O)N(Cc1ccccc1)Cc1cccn1Cc1cccc(OC)c1. The molecule has 0 saturated carbocycles. The van der Waals surface area contributed by atoms with Crippen LogP contribution in [0, 0.1) is 0 Å². The maximum absolute atomic E-state index is 13.7. The van der Waals surface area contributed by atoms with Crippen molar-refractivity contribution in [3.8, 4) is 5.75 Å². The van der Waals surface area contributed by atoms with Gasteiger partial charge in [0.15, 0.2) is 0 Å². The molecule has 0 aliphatic rings. The maximum atomic E-state index is 13.7. The summed E-state index contributed by atoms with van der Waals surface area (Å²) in [5.41, 5.74) is 3.19. The fraction of sp³-hybridized carbons (Fsp3) is 0.400. The molecule has 0 unspecified atom stereocenters. The second-order valence-corrected chi connectivity index (χ2v) is 9.13. The van der Waals surface area contributed by atoms with Crippen molar-refractivity contribution in [2.75, 3.05) is 33.9 Å². The first-order valence-electron chi connectivity index (χ1n) is 12.9. The Bertz CT molecular complexity index is 1110. The molecule has 0 radical (unpaired) electrons. The molecule has 1 heterocycles. The van der Waals surface area contributed by atoms with Crippen LogP contribution < -0.4 is 4.74 Å². The highest BCUT2D eigenvalue weighted by Crippen LogP contribution is 2.17. The number of benzene rings is 2. The first-order chi connectivity index (χ1) is 18.0. The van der Waals surface area contributed by atoms with Crippen LogP contribution in [0.25, 0.3) is 0 Å². The average molecular weight is 506 g/mol. The molecule has 7 heteroatoms. The van der Waals surface area contributed by atoms with Gasteiger partial charge in [0, 0.05) is 51.7 Å². The highest BCUT2D eigenvalue weighted by Gasteiger charge is 2.22. The van der Waals surface area contributed by atoms with Crippen molar-refractivity contribution in [1.82, 2.24) is 14.4 Å². The number of hydrogen-bond donors (Lipinski definition) is 0. The number of rotatable bonds is 15. The number of carbonyl (C=O) groups is 2. The minimum atomic E-state index is -0.0696. The third-order valence-corrected chi connectivity index (χ3v) is 6.25. The minimum Gasteiger partial charge on any atom is -0.497 e. The van der Waals surface area contributed by atoms with Gasteiger partial charge in [-0.1, -0.05) is 49.4 Å². The van der Waals surface area contributed by atoms with Crippen LogP contribution in [0.15, 0.2) is 72.9 Å². The molecule has 0 saturated heterocycles. The van der Waals surface area contributed by atoms with Gasteiger partial charge in [-0.15, -0.1) is 0 Å². The topological polar surface area (TPSA) is 64.0 Å². The number of amides is 2. The van der Waals surface area contributed by atoms with Gasteiger partial charge < -0.3 is 23.8 Å². The molecule has 0 fully saturated rings. The van der Waals surface area contributed by atoms with Gasteiger partial charge in [0.05, 0.1) is 20.2 Å². The van der Waals surface area contributed by atoms with E-state index in [9.17, 15) is 9.59 Å². The lowest BCUT2D eigenvalue weighted by molar-refractivity contribution is -0.141. The average Bonchev–Trinajstić information content (AvgIpc) is 3.34. The minimum absolute atomic E-state index is 0.00742. The van der Waals surface area contributed by atoms with Crippen LogP contribution in [0.1, 0.15) is 43.0 Å². The molecule has 7 nitrogen and oxygen atoms in total. The van der Waals surface area contributed by atoms with E-state index in [1.54, 1.807) is 19.1 Å². The van der Waals surface area contributed by atoms with Crippen molar-refractivity contribution in [3.63, 3.8) is 0 Å². The summed E-state index contributed by atoms with van der Waals surface area (Å²) in [5, 5.41) is 0. The predicted molar refractivity (Wildman–Crippen MR) is 145 cm³/mol. The predicted octanol–water partition coefficient (Wildman–Crippen LogP) is 4.74. The van der Waals surface area contributed by atoms with Crippen LogP contribution >= 0.6 is 0 Å². The lowest BCUT2D eigenvalue weighted by Crippen LogP contribution is -2.43. The maximum Gasteiger partial charge on any atom is 0.242 e. The Kier molecular flexibility index (Phi) is 11.2. The van der Waals surface area contributed by atoms with Crippen LogP contribution in [0.3, 0.4) is 0 Å². The number of ether oxygens (including phenoxy) is 2. The fourth-order valence-electron chi connectivity index (χ4n) is 4.27. The van der Waals surface area contributed by atoms with Crippen LogP contribution in [-0.4, -0.2) is 60.1 Å². The molecule has 2 aromatic carbocycles. The van der Waals surface area contributed by atoms with E-state index in [0.29, 0.717) is 45.6 Å². The number of carbonyl (C=O) groups excluding carboxylic acids is 2. The Labute approximate surface area is 220 Å². The van der Waals surface area contributed by atoms with Gasteiger partial charge in [-0.25, -0.2) is 0 Å².